The number of phenols is 1. The van der Waals surface area contributed by atoms with Crippen molar-refractivity contribution in [3.05, 3.63) is 28.8 Å². The van der Waals surface area contributed by atoms with Crippen LogP contribution in [0.3, 0.4) is 0 Å². The quantitative estimate of drug-likeness (QED) is 0.392. The second-order valence-corrected chi connectivity index (χ2v) is 12.3. The van der Waals surface area contributed by atoms with Crippen LogP contribution in [0, 0.1) is 29.1 Å². The van der Waals surface area contributed by atoms with Crippen molar-refractivity contribution in [2.24, 2.45) is 29.1 Å². The van der Waals surface area contributed by atoms with Crippen LogP contribution in [0.25, 0.3) is 0 Å². The van der Waals surface area contributed by atoms with Crippen LogP contribution in [0.4, 0.5) is 0 Å². The fraction of sp³-hybridized carbons (Fsp3) is 0.679. The second kappa shape index (κ2) is 9.01. The van der Waals surface area contributed by atoms with Crippen LogP contribution in [0.1, 0.15) is 81.3 Å². The summed E-state index contributed by atoms with van der Waals surface area (Å²) in [5.41, 5.74) is -1.32. The van der Waals surface area contributed by atoms with Crippen LogP contribution in [0.15, 0.2) is 12.1 Å². The maximum Gasteiger partial charge on any atom is 0.178 e. The van der Waals surface area contributed by atoms with Crippen LogP contribution >= 0.6 is 0 Å². The molecule has 9 unspecified atom stereocenters. The number of phenolic OH excluding ortho intramolecular Hbond substituents is 1. The molecule has 0 amide bonds. The molecule has 198 valence electrons. The van der Waals surface area contributed by atoms with Crippen molar-refractivity contribution >= 4 is 17.3 Å². The average molecular weight is 503 g/mol. The molecule has 36 heavy (non-hydrogen) atoms. The van der Waals surface area contributed by atoms with Crippen LogP contribution < -0.4 is 0 Å². The van der Waals surface area contributed by atoms with Crippen molar-refractivity contribution < 1.29 is 39.9 Å². The molecule has 3 aliphatic rings. The Hall–Kier alpha value is -2.13. The lowest BCUT2D eigenvalue weighted by Gasteiger charge is -2.56. The van der Waals surface area contributed by atoms with Crippen molar-refractivity contribution in [1.29, 1.82) is 0 Å². The van der Waals surface area contributed by atoms with E-state index in [0.717, 1.165) is 19.8 Å². The predicted molar refractivity (Wildman–Crippen MR) is 130 cm³/mol. The minimum atomic E-state index is -2.57. The van der Waals surface area contributed by atoms with E-state index in [1.807, 2.05) is 0 Å². The van der Waals surface area contributed by atoms with Crippen LogP contribution in [-0.4, -0.2) is 66.8 Å². The number of rotatable bonds is 4. The Balaban J connectivity index is 1.75. The Morgan fingerprint density at radius 2 is 1.78 bits per heavy atom. The van der Waals surface area contributed by atoms with Crippen molar-refractivity contribution in [2.75, 3.05) is 0 Å². The van der Waals surface area contributed by atoms with E-state index in [4.69, 9.17) is 0 Å². The van der Waals surface area contributed by atoms with Gasteiger partial charge in [-0.15, -0.1) is 0 Å². The van der Waals surface area contributed by atoms with Crippen molar-refractivity contribution in [2.45, 2.75) is 90.1 Å². The molecule has 0 aromatic heterocycles. The molecule has 1 aromatic carbocycles. The number of carbonyl (C=O) groups is 3. The van der Waals surface area contributed by atoms with E-state index in [0.29, 0.717) is 17.5 Å². The molecule has 2 saturated carbocycles. The number of carbonyl (C=O) groups excluding carboxylic acids is 3. The van der Waals surface area contributed by atoms with Gasteiger partial charge in [-0.25, -0.2) is 0 Å². The molecule has 8 nitrogen and oxygen atoms in total. The first-order valence-electron chi connectivity index (χ1n) is 12.8. The zero-order valence-electron chi connectivity index (χ0n) is 21.6. The average Bonchev–Trinajstić information content (AvgIpc) is 2.76. The highest BCUT2D eigenvalue weighted by Gasteiger charge is 2.69. The van der Waals surface area contributed by atoms with Gasteiger partial charge in [0.25, 0.3) is 0 Å². The zero-order chi connectivity index (χ0) is 26.9. The topological polar surface area (TPSA) is 152 Å². The van der Waals surface area contributed by atoms with Crippen LogP contribution in [0.2, 0.25) is 0 Å². The summed E-state index contributed by atoms with van der Waals surface area (Å²) in [4.78, 5) is 39.6. The first-order valence-corrected chi connectivity index (χ1v) is 12.8. The second-order valence-electron chi connectivity index (χ2n) is 12.3. The first-order chi connectivity index (χ1) is 16.6. The zero-order valence-corrected chi connectivity index (χ0v) is 21.6. The molecule has 5 N–H and O–H groups in total. The van der Waals surface area contributed by atoms with Gasteiger partial charge in [-0.05, 0) is 55.1 Å². The number of benzene rings is 1. The molecule has 3 aliphatic carbocycles. The lowest BCUT2D eigenvalue weighted by molar-refractivity contribution is -0.229. The van der Waals surface area contributed by atoms with Gasteiger partial charge in [0, 0.05) is 11.8 Å². The Bertz CT molecular complexity index is 1090. The van der Waals surface area contributed by atoms with E-state index in [-0.39, 0.29) is 23.1 Å². The molecule has 0 bridgehead atoms. The van der Waals surface area contributed by atoms with Gasteiger partial charge in [0.15, 0.2) is 17.2 Å². The number of hydrogen-bond donors (Lipinski definition) is 5. The highest BCUT2D eigenvalue weighted by Crippen LogP contribution is 2.55. The van der Waals surface area contributed by atoms with Crippen molar-refractivity contribution in [3.8, 4) is 5.75 Å². The Kier molecular flexibility index (Phi) is 6.74. The number of aliphatic hydroxyl groups excluding tert-OH is 3. The maximum atomic E-state index is 13.8. The standard InChI is InChI=1S/C28H38O8/c1-12-15-9-8-14(7-6-10-27(3,4)5)22(31)20(15)24(33)21-18(12)23(32)16-11-17(30)19(13(2)29)25(34)28(16,36)26(21)35/h8-9,12,16-19,21,23,25,30-32,34,36H,6-7,10-11H2,1-5H3. The smallest absolute Gasteiger partial charge is 0.178 e. The van der Waals surface area contributed by atoms with E-state index < -0.39 is 70.9 Å². The maximum absolute atomic E-state index is 13.8. The summed E-state index contributed by atoms with van der Waals surface area (Å²) in [6, 6.07) is 3.54. The largest absolute Gasteiger partial charge is 0.507 e. The monoisotopic (exact) mass is 502 g/mol. The van der Waals surface area contributed by atoms with Gasteiger partial charge in [0.2, 0.25) is 0 Å². The Morgan fingerprint density at radius 3 is 2.36 bits per heavy atom. The summed E-state index contributed by atoms with van der Waals surface area (Å²) >= 11 is 0. The summed E-state index contributed by atoms with van der Waals surface area (Å²) < 4.78 is 0. The van der Waals surface area contributed by atoms with Gasteiger partial charge < -0.3 is 25.5 Å². The number of Topliss-reactive ketones (excluding diaryl/α,β-unsaturated/α-hetero) is 3. The Morgan fingerprint density at radius 1 is 1.14 bits per heavy atom. The van der Waals surface area contributed by atoms with Gasteiger partial charge in [-0.1, -0.05) is 39.8 Å². The highest BCUT2D eigenvalue weighted by atomic mass is 16.4. The minimum absolute atomic E-state index is 0.0214. The molecule has 0 saturated heterocycles. The number of aryl methyl sites for hydroxylation is 1. The van der Waals surface area contributed by atoms with Crippen LogP contribution in [-0.2, 0) is 16.0 Å². The SMILES string of the molecule is CC(=O)C1C(O)CC2C(O)C3C(C(=O)c4c(ccc(CCCC(C)(C)C)c4O)C3C)C(=O)C2(O)C1O. The van der Waals surface area contributed by atoms with Gasteiger partial charge in [0.1, 0.15) is 17.6 Å². The van der Waals surface area contributed by atoms with E-state index >= 15 is 0 Å². The summed E-state index contributed by atoms with van der Waals surface area (Å²) in [5, 5.41) is 55.4. The van der Waals surface area contributed by atoms with E-state index in [2.05, 4.69) is 20.8 Å². The number of fused-ring (bicyclic) bond motifs is 3. The number of hydrogen-bond acceptors (Lipinski definition) is 8. The third-order valence-electron chi connectivity index (χ3n) is 8.87. The molecule has 2 fully saturated rings. The first kappa shape index (κ1) is 26.9. The summed E-state index contributed by atoms with van der Waals surface area (Å²) in [7, 11) is 0. The van der Waals surface area contributed by atoms with Crippen molar-refractivity contribution in [3.63, 3.8) is 0 Å². The normalized spacial score (nSPS) is 38.2. The molecular weight excluding hydrogens is 464 g/mol. The molecule has 8 heteroatoms. The fourth-order valence-electron chi connectivity index (χ4n) is 6.94. The minimum Gasteiger partial charge on any atom is -0.507 e. The fourth-order valence-corrected chi connectivity index (χ4v) is 6.94. The molecule has 1 aromatic rings. The summed E-state index contributed by atoms with van der Waals surface area (Å²) in [5.74, 6) is -8.00. The number of ketones is 3. The number of aromatic hydroxyl groups is 1. The third kappa shape index (κ3) is 3.93. The molecule has 0 aliphatic heterocycles. The summed E-state index contributed by atoms with van der Waals surface area (Å²) in [6.45, 7) is 9.28. The van der Waals surface area contributed by atoms with Crippen molar-refractivity contribution in [1.82, 2.24) is 0 Å². The van der Waals surface area contributed by atoms with Gasteiger partial charge in [0.05, 0.1) is 29.6 Å². The number of aliphatic hydroxyl groups is 4. The molecule has 0 spiro atoms. The predicted octanol–water partition coefficient (Wildman–Crippen LogP) is 1.91. The lowest BCUT2D eigenvalue weighted by atomic mass is 9.50. The van der Waals surface area contributed by atoms with Gasteiger partial charge >= 0.3 is 0 Å². The van der Waals surface area contributed by atoms with Gasteiger partial charge in [-0.3, -0.25) is 14.4 Å². The molecular formula is C28H38O8. The molecule has 0 heterocycles. The molecule has 4 rings (SSSR count). The Labute approximate surface area is 211 Å². The van der Waals surface area contributed by atoms with E-state index in [1.54, 1.807) is 19.1 Å². The summed E-state index contributed by atoms with van der Waals surface area (Å²) in [6.07, 6.45) is -2.71. The highest BCUT2D eigenvalue weighted by molar-refractivity contribution is 6.17. The van der Waals surface area contributed by atoms with E-state index in [9.17, 15) is 39.9 Å². The lowest BCUT2D eigenvalue weighted by Crippen LogP contribution is -2.74. The van der Waals surface area contributed by atoms with Crippen LogP contribution in [0.5, 0.6) is 5.75 Å². The van der Waals surface area contributed by atoms with Gasteiger partial charge in [-0.2, -0.15) is 0 Å². The molecule has 9 atom stereocenters. The molecule has 0 radical (unpaired) electrons. The van der Waals surface area contributed by atoms with E-state index in [1.165, 1.54) is 0 Å². The third-order valence-corrected chi connectivity index (χ3v) is 8.87.